The number of pyridine rings is 1. The Hall–Kier alpha value is -3.83. The summed E-state index contributed by atoms with van der Waals surface area (Å²) in [6, 6.07) is 11.8. The molecule has 1 aliphatic heterocycles. The van der Waals surface area contributed by atoms with Crippen molar-refractivity contribution in [2.24, 2.45) is 4.99 Å². The first kappa shape index (κ1) is 20.4. The monoisotopic (exact) mass is 430 g/mol. The van der Waals surface area contributed by atoms with Gasteiger partial charge in [-0.2, -0.15) is 5.26 Å². The Kier molecular flexibility index (Phi) is 5.60. The van der Waals surface area contributed by atoms with Gasteiger partial charge in [-0.3, -0.25) is 14.3 Å². The molecule has 0 amide bonds. The molecule has 3 aromatic rings. The summed E-state index contributed by atoms with van der Waals surface area (Å²) in [5, 5.41) is 9.13. The van der Waals surface area contributed by atoms with Crippen LogP contribution in [0.5, 0.6) is 0 Å². The van der Waals surface area contributed by atoms with Crippen molar-refractivity contribution < 1.29 is 9.53 Å². The van der Waals surface area contributed by atoms with Crippen LogP contribution in [0, 0.1) is 11.3 Å². The van der Waals surface area contributed by atoms with E-state index in [2.05, 4.69) is 16.0 Å². The van der Waals surface area contributed by atoms with Crippen LogP contribution in [-0.4, -0.2) is 22.1 Å². The number of aromatic nitrogens is 2. The number of carbonyl (C=O) groups is 1. The fraction of sp³-hybridized carbons (Fsp3) is 0.174. The number of esters is 1. The summed E-state index contributed by atoms with van der Waals surface area (Å²) in [5.41, 5.74) is 2.61. The second-order valence-electron chi connectivity index (χ2n) is 6.82. The maximum Gasteiger partial charge on any atom is 0.338 e. The van der Waals surface area contributed by atoms with E-state index in [0.717, 1.165) is 5.56 Å². The summed E-state index contributed by atoms with van der Waals surface area (Å²) in [6.07, 6.45) is 5.10. The van der Waals surface area contributed by atoms with Crippen molar-refractivity contribution in [3.05, 3.63) is 96.4 Å². The highest BCUT2D eigenvalue weighted by molar-refractivity contribution is 7.07. The second kappa shape index (κ2) is 8.50. The van der Waals surface area contributed by atoms with E-state index in [9.17, 15) is 9.59 Å². The Bertz CT molecular complexity index is 1390. The van der Waals surface area contributed by atoms with Crippen molar-refractivity contribution in [3.8, 4) is 6.07 Å². The van der Waals surface area contributed by atoms with E-state index in [1.165, 1.54) is 15.9 Å². The number of hydrogen-bond acceptors (Lipinski definition) is 7. The molecule has 1 aromatic carbocycles. The van der Waals surface area contributed by atoms with Crippen LogP contribution in [0.15, 0.2) is 69.8 Å². The van der Waals surface area contributed by atoms with E-state index >= 15 is 0 Å². The molecule has 8 heteroatoms. The van der Waals surface area contributed by atoms with Crippen molar-refractivity contribution in [2.75, 3.05) is 6.61 Å². The number of allylic oxidation sites excluding steroid dienone is 1. The summed E-state index contributed by atoms with van der Waals surface area (Å²) in [4.78, 5) is 35.3. The van der Waals surface area contributed by atoms with Gasteiger partial charge in [0.05, 0.1) is 40.1 Å². The number of carbonyl (C=O) groups excluding carboxylic acids is 1. The predicted molar refractivity (Wildman–Crippen MR) is 116 cm³/mol. The van der Waals surface area contributed by atoms with Gasteiger partial charge in [-0.15, -0.1) is 0 Å². The van der Waals surface area contributed by atoms with Crippen molar-refractivity contribution in [2.45, 2.75) is 19.9 Å². The minimum absolute atomic E-state index is 0.210. The molecule has 31 heavy (non-hydrogen) atoms. The minimum atomic E-state index is -0.692. The number of benzene rings is 1. The zero-order chi connectivity index (χ0) is 22.0. The molecule has 0 fully saturated rings. The average Bonchev–Trinajstić information content (AvgIpc) is 3.08. The molecular formula is C23H18N4O3S. The molecule has 0 bridgehead atoms. The Morgan fingerprint density at radius 2 is 1.97 bits per heavy atom. The minimum Gasteiger partial charge on any atom is -0.463 e. The number of ether oxygens (including phenoxy) is 1. The number of hydrogen-bond donors (Lipinski definition) is 0. The van der Waals surface area contributed by atoms with Crippen molar-refractivity contribution in [1.29, 1.82) is 5.26 Å². The molecule has 2 aromatic heterocycles. The molecule has 0 spiro atoms. The third kappa shape index (κ3) is 3.83. The lowest BCUT2D eigenvalue weighted by molar-refractivity contribution is -0.139. The molecule has 0 aliphatic carbocycles. The van der Waals surface area contributed by atoms with Crippen molar-refractivity contribution in [1.82, 2.24) is 9.55 Å². The van der Waals surface area contributed by atoms with E-state index in [1.807, 2.05) is 12.1 Å². The fourth-order valence-electron chi connectivity index (χ4n) is 3.46. The highest BCUT2D eigenvalue weighted by Gasteiger charge is 2.33. The van der Waals surface area contributed by atoms with Crippen LogP contribution in [0.4, 0.5) is 0 Å². The van der Waals surface area contributed by atoms with E-state index < -0.39 is 12.0 Å². The summed E-state index contributed by atoms with van der Waals surface area (Å²) < 4.78 is 7.30. The van der Waals surface area contributed by atoms with Crippen LogP contribution in [-0.2, 0) is 9.53 Å². The Labute approximate surface area is 181 Å². The lowest BCUT2D eigenvalue weighted by Gasteiger charge is -2.24. The summed E-state index contributed by atoms with van der Waals surface area (Å²) in [7, 11) is 0. The Balaban J connectivity index is 1.96. The van der Waals surface area contributed by atoms with Crippen LogP contribution in [0.1, 0.15) is 36.6 Å². The molecule has 1 aliphatic rings. The molecular weight excluding hydrogens is 412 g/mol. The quantitative estimate of drug-likeness (QED) is 0.590. The van der Waals surface area contributed by atoms with Crippen LogP contribution in [0.3, 0.4) is 0 Å². The first-order valence-electron chi connectivity index (χ1n) is 9.63. The van der Waals surface area contributed by atoms with Gasteiger partial charge in [0, 0.05) is 12.4 Å². The zero-order valence-corrected chi connectivity index (χ0v) is 17.7. The molecule has 154 valence electrons. The Morgan fingerprint density at radius 3 is 2.61 bits per heavy atom. The van der Waals surface area contributed by atoms with Gasteiger partial charge in [0.25, 0.3) is 5.56 Å². The lowest BCUT2D eigenvalue weighted by Crippen LogP contribution is -2.39. The standard InChI is InChI=1S/C23H18N4O3S/c1-3-30-22(29)19-14(2)26-23-27(20(19)17-6-4-16(13-24)5-7-17)21(28)18(31-23)12-15-8-10-25-11-9-15/h4-12,20H,3H2,1-2H3/b18-12-. The Morgan fingerprint density at radius 1 is 1.26 bits per heavy atom. The normalized spacial score (nSPS) is 15.8. The van der Waals surface area contributed by atoms with E-state index in [4.69, 9.17) is 10.00 Å². The molecule has 7 nitrogen and oxygen atoms in total. The molecule has 3 heterocycles. The summed E-state index contributed by atoms with van der Waals surface area (Å²) in [5.74, 6) is -0.512. The summed E-state index contributed by atoms with van der Waals surface area (Å²) >= 11 is 1.26. The third-order valence-electron chi connectivity index (χ3n) is 4.88. The number of fused-ring (bicyclic) bond motifs is 1. The number of thiazole rings is 1. The van der Waals surface area contributed by atoms with E-state index in [-0.39, 0.29) is 12.2 Å². The number of nitrogens with zero attached hydrogens (tertiary/aromatic N) is 4. The van der Waals surface area contributed by atoms with Crippen LogP contribution in [0.2, 0.25) is 0 Å². The lowest BCUT2D eigenvalue weighted by atomic mass is 9.95. The predicted octanol–water partition coefficient (Wildman–Crippen LogP) is 2.06. The van der Waals surface area contributed by atoms with Gasteiger partial charge in [-0.05, 0) is 55.3 Å². The van der Waals surface area contributed by atoms with Gasteiger partial charge in [0.15, 0.2) is 4.80 Å². The average molecular weight is 430 g/mol. The number of nitriles is 1. The molecule has 1 atom stereocenters. The van der Waals surface area contributed by atoms with Crippen LogP contribution < -0.4 is 14.9 Å². The largest absolute Gasteiger partial charge is 0.463 e. The van der Waals surface area contributed by atoms with Crippen LogP contribution >= 0.6 is 11.3 Å². The first-order chi connectivity index (χ1) is 15.0. The SMILES string of the molecule is CCOC(=O)C1=C(C)N=c2s/c(=C\c3ccncc3)c(=O)n2C1c1ccc(C#N)cc1. The first-order valence-corrected chi connectivity index (χ1v) is 10.4. The maximum atomic E-state index is 13.4. The van der Waals surface area contributed by atoms with Gasteiger partial charge in [-0.1, -0.05) is 23.5 Å². The maximum absolute atomic E-state index is 13.4. The van der Waals surface area contributed by atoms with Gasteiger partial charge in [-0.25, -0.2) is 9.79 Å². The van der Waals surface area contributed by atoms with E-state index in [0.29, 0.717) is 31.7 Å². The topological polar surface area (TPSA) is 97.3 Å². The second-order valence-corrected chi connectivity index (χ2v) is 7.83. The van der Waals surface area contributed by atoms with Gasteiger partial charge >= 0.3 is 5.97 Å². The number of rotatable bonds is 4. The molecule has 0 saturated heterocycles. The zero-order valence-electron chi connectivity index (χ0n) is 16.9. The van der Waals surface area contributed by atoms with Crippen molar-refractivity contribution >= 4 is 23.4 Å². The molecule has 0 saturated carbocycles. The molecule has 1 unspecified atom stereocenters. The van der Waals surface area contributed by atoms with Gasteiger partial charge in [0.2, 0.25) is 0 Å². The third-order valence-corrected chi connectivity index (χ3v) is 5.86. The highest BCUT2D eigenvalue weighted by Crippen LogP contribution is 2.30. The molecule has 0 N–H and O–H groups in total. The van der Waals surface area contributed by atoms with Gasteiger partial charge in [0.1, 0.15) is 0 Å². The molecule has 0 radical (unpaired) electrons. The van der Waals surface area contributed by atoms with Crippen LogP contribution in [0.25, 0.3) is 6.08 Å². The van der Waals surface area contributed by atoms with Gasteiger partial charge < -0.3 is 4.74 Å². The van der Waals surface area contributed by atoms with Crippen molar-refractivity contribution in [3.63, 3.8) is 0 Å². The highest BCUT2D eigenvalue weighted by atomic mass is 32.1. The smallest absolute Gasteiger partial charge is 0.338 e. The van der Waals surface area contributed by atoms with E-state index in [1.54, 1.807) is 56.6 Å². The summed E-state index contributed by atoms with van der Waals surface area (Å²) in [6.45, 7) is 3.68. The molecule has 4 rings (SSSR count). The fourth-order valence-corrected chi connectivity index (χ4v) is 4.50.